The maximum absolute atomic E-state index is 11.0. The second-order valence-corrected chi connectivity index (χ2v) is 5.19. The topological polar surface area (TPSA) is 51.4 Å². The Kier molecular flexibility index (Phi) is 2.39. The summed E-state index contributed by atoms with van der Waals surface area (Å²) in [6.45, 7) is 3.50. The second-order valence-electron chi connectivity index (χ2n) is 2.54. The van der Waals surface area contributed by atoms with Crippen LogP contribution in [0.15, 0.2) is 17.0 Å². The molecule has 0 saturated heterocycles. The summed E-state index contributed by atoms with van der Waals surface area (Å²) >= 11 is 0. The number of aromatic nitrogens is 1. The summed E-state index contributed by atoms with van der Waals surface area (Å²) in [5.74, 6) is 0. The van der Waals surface area contributed by atoms with Gasteiger partial charge in [-0.05, 0) is 26.0 Å². The number of hydrogen-bond donors (Lipinski definition) is 0. The van der Waals surface area contributed by atoms with Crippen molar-refractivity contribution in [2.75, 3.05) is 0 Å². The van der Waals surface area contributed by atoms with Crippen LogP contribution in [-0.4, -0.2) is 13.4 Å². The van der Waals surface area contributed by atoms with E-state index in [1.54, 1.807) is 13.8 Å². The summed E-state index contributed by atoms with van der Waals surface area (Å²) in [5, 5.41) is 0. The summed E-state index contributed by atoms with van der Waals surface area (Å²) in [6.07, 6.45) is 0. The number of nitrogens with zero attached hydrogens (tertiary/aromatic N) is 1. The summed E-state index contributed by atoms with van der Waals surface area (Å²) in [4.78, 5) is 4.27. The fraction of sp³-hybridized carbons (Fsp3) is 0.286. The third kappa shape index (κ3) is 2.19. The predicted octanol–water partition coefficient (Wildman–Crippen LogP) is 1.78. The largest absolute Gasteiger partial charge is 0.391 e. The highest BCUT2D eigenvalue weighted by Crippen LogP contribution is 2.15. The molecule has 0 radical (unpaired) electrons. The van der Waals surface area contributed by atoms with Gasteiger partial charge in [0.25, 0.3) is 0 Å². The maximum atomic E-state index is 11.0. The average molecular weight is 207 g/mol. The Bertz CT molecular complexity index is 380. The number of pyridine rings is 1. The molecule has 0 saturated carbocycles. The van der Waals surface area contributed by atoms with E-state index in [-0.39, 0.29) is 4.90 Å². The fourth-order valence-electron chi connectivity index (χ4n) is 0.942. The number of aryl methyl sites for hydroxylation is 2. The molecule has 1 rings (SSSR count). The van der Waals surface area contributed by atoms with E-state index in [4.69, 9.17) is 14.9 Å². The molecule has 0 spiro atoms. The molecular formula is C7H9ClNO2S+. The van der Waals surface area contributed by atoms with E-state index in [0.29, 0.717) is 11.4 Å². The van der Waals surface area contributed by atoms with Crippen LogP contribution in [0.5, 0.6) is 0 Å². The van der Waals surface area contributed by atoms with Crippen LogP contribution in [0.3, 0.4) is 0 Å². The molecule has 1 unspecified atom stereocenters. The molecule has 1 aromatic heterocycles. The van der Waals surface area contributed by atoms with Crippen LogP contribution in [0.2, 0.25) is 0 Å². The molecule has 0 aromatic carbocycles. The molecule has 0 amide bonds. The van der Waals surface area contributed by atoms with Gasteiger partial charge in [0.1, 0.15) is 4.90 Å². The van der Waals surface area contributed by atoms with Gasteiger partial charge in [-0.2, -0.15) is 4.21 Å². The van der Waals surface area contributed by atoms with Crippen LogP contribution in [0.4, 0.5) is 0 Å². The van der Waals surface area contributed by atoms with Crippen molar-refractivity contribution in [2.45, 2.75) is 18.7 Å². The van der Waals surface area contributed by atoms with Crippen LogP contribution in [0.1, 0.15) is 11.4 Å². The first kappa shape index (κ1) is 9.48. The van der Waals surface area contributed by atoms with Gasteiger partial charge in [0.2, 0.25) is 0 Å². The molecule has 0 bridgehead atoms. The van der Waals surface area contributed by atoms with Gasteiger partial charge in [-0.15, -0.1) is 0 Å². The molecule has 0 fully saturated rings. The predicted molar refractivity (Wildman–Crippen MR) is 47.9 cm³/mol. The van der Waals surface area contributed by atoms with Crippen LogP contribution >= 0.6 is 10.7 Å². The molecule has 0 aliphatic heterocycles. The summed E-state index contributed by atoms with van der Waals surface area (Å²) < 4.78 is 20.0. The third-order valence-electron chi connectivity index (χ3n) is 1.35. The van der Waals surface area contributed by atoms with Crippen molar-refractivity contribution in [3.05, 3.63) is 23.5 Å². The summed E-state index contributed by atoms with van der Waals surface area (Å²) in [6, 6.07) is 3.00. The van der Waals surface area contributed by atoms with Gasteiger partial charge in [0, 0.05) is 11.4 Å². The standard InChI is InChI=1S/C7H8ClNO2S/c1-5-3-7(12(8,10)11)4-6(2)9-5/h3-4H,1-2H3/p+1. The van der Waals surface area contributed by atoms with Crippen LogP contribution in [0.25, 0.3) is 0 Å². The first-order valence-electron chi connectivity index (χ1n) is 3.31. The molecule has 1 atom stereocenters. The highest BCUT2D eigenvalue weighted by molar-refractivity contribution is 8.13. The van der Waals surface area contributed by atoms with Gasteiger partial charge >= 0.3 is 9.05 Å². The molecule has 0 aliphatic rings. The van der Waals surface area contributed by atoms with E-state index < -0.39 is 9.05 Å². The monoisotopic (exact) mass is 206 g/mol. The van der Waals surface area contributed by atoms with Crippen molar-refractivity contribution in [1.82, 2.24) is 4.98 Å². The maximum Gasteiger partial charge on any atom is 0.391 e. The van der Waals surface area contributed by atoms with Crippen molar-refractivity contribution in [1.29, 1.82) is 0 Å². The first-order valence-corrected chi connectivity index (χ1v) is 5.65. The molecule has 5 heteroatoms. The minimum Gasteiger partial charge on any atom is -0.258 e. The Morgan fingerprint density at radius 2 is 1.83 bits per heavy atom. The van der Waals surface area contributed by atoms with Crippen LogP contribution in [0, 0.1) is 13.8 Å². The lowest BCUT2D eigenvalue weighted by Crippen LogP contribution is -1.94. The van der Waals surface area contributed by atoms with Crippen molar-refractivity contribution < 1.29 is 8.42 Å². The zero-order valence-electron chi connectivity index (χ0n) is 6.74. The minimum absolute atomic E-state index is 0.217. The van der Waals surface area contributed by atoms with Gasteiger partial charge < -0.3 is 0 Å². The Balaban J connectivity index is 3.37. The molecule has 66 valence electrons. The van der Waals surface area contributed by atoms with Crippen LogP contribution < -0.4 is 0 Å². The highest BCUT2D eigenvalue weighted by Gasteiger charge is 2.16. The van der Waals surface area contributed by atoms with Crippen molar-refractivity contribution in [3.63, 3.8) is 0 Å². The SMILES string of the molecule is Cc1cc(S(=O)(=[OH+])Cl)cc(C)n1. The van der Waals surface area contributed by atoms with Crippen molar-refractivity contribution in [3.8, 4) is 0 Å². The Labute approximate surface area is 75.8 Å². The Hall–Kier alpha value is -0.610. The zero-order valence-corrected chi connectivity index (χ0v) is 8.32. The number of hydrogen-bond acceptors (Lipinski definition) is 2. The van der Waals surface area contributed by atoms with E-state index in [2.05, 4.69) is 4.98 Å². The highest BCUT2D eigenvalue weighted by atomic mass is 35.7. The molecular weight excluding hydrogens is 198 g/mol. The van der Waals surface area contributed by atoms with E-state index in [9.17, 15) is 4.21 Å². The molecule has 3 nitrogen and oxygen atoms in total. The second kappa shape index (κ2) is 3.03. The first-order chi connectivity index (χ1) is 5.39. The summed E-state index contributed by atoms with van der Waals surface area (Å²) in [7, 11) is 1.89. The van der Waals surface area contributed by atoms with E-state index in [1.165, 1.54) is 12.1 Å². The third-order valence-corrected chi connectivity index (χ3v) is 2.70. The van der Waals surface area contributed by atoms with Gasteiger partial charge in [0.15, 0.2) is 0 Å². The summed E-state index contributed by atoms with van der Waals surface area (Å²) in [5.41, 5.74) is 1.37. The minimum atomic E-state index is -3.37. The lowest BCUT2D eigenvalue weighted by molar-refractivity contribution is 0.628. The quantitative estimate of drug-likeness (QED) is 0.520. The molecule has 0 aliphatic carbocycles. The fourth-order valence-corrected chi connectivity index (χ4v) is 1.84. The number of halogens is 1. The van der Waals surface area contributed by atoms with Crippen molar-refractivity contribution in [2.24, 2.45) is 0 Å². The van der Waals surface area contributed by atoms with E-state index in [0.717, 1.165) is 0 Å². The lowest BCUT2D eigenvalue weighted by Gasteiger charge is -1.96. The normalized spacial score (nSPS) is 15.6. The molecule has 1 heterocycles. The lowest BCUT2D eigenvalue weighted by atomic mass is 10.3. The average Bonchev–Trinajstić information content (AvgIpc) is 1.82. The smallest absolute Gasteiger partial charge is 0.258 e. The molecule has 12 heavy (non-hydrogen) atoms. The molecule has 1 N–H and O–H groups in total. The van der Waals surface area contributed by atoms with Gasteiger partial charge in [-0.25, -0.2) is 4.21 Å². The number of rotatable bonds is 1. The van der Waals surface area contributed by atoms with Gasteiger partial charge in [0.05, 0.1) is 10.7 Å². The van der Waals surface area contributed by atoms with E-state index in [1.807, 2.05) is 0 Å². The Morgan fingerprint density at radius 1 is 1.42 bits per heavy atom. The van der Waals surface area contributed by atoms with E-state index >= 15 is 0 Å². The molecule has 1 aromatic rings. The van der Waals surface area contributed by atoms with Gasteiger partial charge in [-0.1, -0.05) is 0 Å². The van der Waals surface area contributed by atoms with Crippen LogP contribution in [-0.2, 0) is 9.05 Å². The zero-order chi connectivity index (χ0) is 9.35. The van der Waals surface area contributed by atoms with Crippen molar-refractivity contribution >= 4 is 19.7 Å². The Morgan fingerprint density at radius 3 is 2.17 bits per heavy atom. The van der Waals surface area contributed by atoms with Gasteiger partial charge in [-0.3, -0.25) is 4.98 Å².